The van der Waals surface area contributed by atoms with Crippen LogP contribution in [0.1, 0.15) is 10.4 Å². The maximum atomic E-state index is 13.4. The number of benzene rings is 1. The number of hydrogen-bond acceptors (Lipinski definition) is 4. The van der Waals surface area contributed by atoms with Crippen LogP contribution in [0.3, 0.4) is 0 Å². The van der Waals surface area contributed by atoms with Gasteiger partial charge in [0.15, 0.2) is 0 Å². The second kappa shape index (κ2) is 6.85. The number of hydrogen-bond donors (Lipinski definition) is 2. The minimum absolute atomic E-state index is 0.0240. The lowest BCUT2D eigenvalue weighted by Crippen LogP contribution is -2.17. The first kappa shape index (κ1) is 15.0. The van der Waals surface area contributed by atoms with Crippen LogP contribution in [-0.4, -0.2) is 27.7 Å². The number of rotatable bonds is 5. The predicted octanol–water partition coefficient (Wildman–Crippen LogP) is 2.65. The number of halogens is 1. The lowest BCUT2D eigenvalue weighted by atomic mass is 10.2. The number of carboxylic acid groups (broad SMARTS) is 1. The number of thioether (sulfide) groups is 1. The van der Waals surface area contributed by atoms with E-state index < -0.39 is 17.7 Å². The summed E-state index contributed by atoms with van der Waals surface area (Å²) in [6.07, 6.45) is 1.38. The molecule has 1 amide bonds. The molecule has 0 fully saturated rings. The van der Waals surface area contributed by atoms with Gasteiger partial charge < -0.3 is 10.4 Å². The lowest BCUT2D eigenvalue weighted by Gasteiger charge is -2.07. The average Bonchev–Trinajstić information content (AvgIpc) is 2.47. The molecule has 0 aliphatic heterocycles. The number of carboxylic acids is 1. The summed E-state index contributed by atoms with van der Waals surface area (Å²) in [5, 5.41) is 11.4. The Bertz CT molecular complexity index is 679. The van der Waals surface area contributed by atoms with E-state index in [2.05, 4.69) is 10.3 Å². The van der Waals surface area contributed by atoms with Crippen molar-refractivity contribution in [1.29, 1.82) is 0 Å². The quantitative estimate of drug-likeness (QED) is 0.830. The third kappa shape index (κ3) is 4.03. The summed E-state index contributed by atoms with van der Waals surface area (Å²) >= 11 is 1.03. The number of anilines is 1. The summed E-state index contributed by atoms with van der Waals surface area (Å²) in [4.78, 5) is 26.9. The van der Waals surface area contributed by atoms with Gasteiger partial charge in [0.2, 0.25) is 5.91 Å². The van der Waals surface area contributed by atoms with E-state index in [-0.39, 0.29) is 17.1 Å². The Hall–Kier alpha value is -2.41. The van der Waals surface area contributed by atoms with E-state index in [9.17, 15) is 14.0 Å². The zero-order valence-corrected chi connectivity index (χ0v) is 11.6. The van der Waals surface area contributed by atoms with Crippen molar-refractivity contribution >= 4 is 29.5 Å². The second-order valence-corrected chi connectivity index (χ2v) is 4.99. The first-order valence-electron chi connectivity index (χ1n) is 5.93. The van der Waals surface area contributed by atoms with E-state index in [1.165, 1.54) is 24.4 Å². The second-order valence-electron chi connectivity index (χ2n) is 3.97. The zero-order chi connectivity index (χ0) is 15.2. The van der Waals surface area contributed by atoms with Crippen molar-refractivity contribution < 1.29 is 19.1 Å². The molecule has 0 radical (unpaired) electrons. The maximum Gasteiger partial charge on any atom is 0.339 e. The highest BCUT2D eigenvalue weighted by molar-refractivity contribution is 8.00. The molecule has 1 aromatic heterocycles. The van der Waals surface area contributed by atoms with Crippen LogP contribution in [0.4, 0.5) is 10.2 Å². The highest BCUT2D eigenvalue weighted by atomic mass is 32.2. The highest BCUT2D eigenvalue weighted by Gasteiger charge is 2.13. The van der Waals surface area contributed by atoms with Crippen LogP contribution in [0.25, 0.3) is 0 Å². The number of carbonyl (C=O) groups excluding carboxylic acids is 1. The fourth-order valence-corrected chi connectivity index (χ4v) is 2.29. The van der Waals surface area contributed by atoms with Gasteiger partial charge in [-0.05, 0) is 24.3 Å². The number of nitrogens with zero attached hydrogens (tertiary/aromatic N) is 1. The number of nitrogens with one attached hydrogen (secondary N) is 1. The van der Waals surface area contributed by atoms with Crippen LogP contribution in [0.15, 0.2) is 47.5 Å². The van der Waals surface area contributed by atoms with Crippen LogP contribution >= 0.6 is 11.8 Å². The molecule has 0 saturated carbocycles. The third-order valence-electron chi connectivity index (χ3n) is 2.49. The molecule has 21 heavy (non-hydrogen) atoms. The Balaban J connectivity index is 2.00. The molecule has 0 aliphatic carbocycles. The summed E-state index contributed by atoms with van der Waals surface area (Å²) in [6, 6.07) is 8.91. The average molecular weight is 306 g/mol. The number of aromatic carboxylic acids is 1. The van der Waals surface area contributed by atoms with E-state index in [4.69, 9.17) is 5.11 Å². The van der Waals surface area contributed by atoms with Crippen molar-refractivity contribution in [3.63, 3.8) is 0 Å². The van der Waals surface area contributed by atoms with Gasteiger partial charge in [0, 0.05) is 11.1 Å². The van der Waals surface area contributed by atoms with Gasteiger partial charge in [0.05, 0.1) is 5.75 Å². The van der Waals surface area contributed by atoms with E-state index in [1.807, 2.05) is 0 Å². The molecular formula is C14H11FN2O3S. The number of pyridine rings is 1. The van der Waals surface area contributed by atoms with Gasteiger partial charge in [0.1, 0.15) is 17.2 Å². The van der Waals surface area contributed by atoms with Crippen LogP contribution in [0, 0.1) is 5.82 Å². The SMILES string of the molecule is O=C(CSc1ccccc1F)Nc1ncccc1C(=O)O. The van der Waals surface area contributed by atoms with Gasteiger partial charge in [-0.3, -0.25) is 4.79 Å². The minimum atomic E-state index is -1.18. The van der Waals surface area contributed by atoms with Gasteiger partial charge in [-0.25, -0.2) is 14.2 Å². The largest absolute Gasteiger partial charge is 0.478 e. The van der Waals surface area contributed by atoms with Crippen molar-refractivity contribution in [1.82, 2.24) is 4.98 Å². The molecule has 5 nitrogen and oxygen atoms in total. The Labute approximate surface area is 124 Å². The molecule has 0 spiro atoms. The first-order chi connectivity index (χ1) is 10.1. The summed E-state index contributed by atoms with van der Waals surface area (Å²) in [5.74, 6) is -2.11. The minimum Gasteiger partial charge on any atom is -0.478 e. The van der Waals surface area contributed by atoms with E-state index >= 15 is 0 Å². The van der Waals surface area contributed by atoms with Crippen LogP contribution < -0.4 is 5.32 Å². The van der Waals surface area contributed by atoms with Crippen molar-refractivity contribution in [3.05, 3.63) is 54.0 Å². The number of amides is 1. The van der Waals surface area contributed by atoms with Crippen molar-refractivity contribution in [2.75, 3.05) is 11.1 Å². The normalized spacial score (nSPS) is 10.1. The highest BCUT2D eigenvalue weighted by Crippen LogP contribution is 2.21. The fraction of sp³-hybridized carbons (Fsp3) is 0.0714. The molecule has 0 saturated heterocycles. The van der Waals surface area contributed by atoms with E-state index in [0.717, 1.165) is 11.8 Å². The zero-order valence-electron chi connectivity index (χ0n) is 10.7. The predicted molar refractivity (Wildman–Crippen MR) is 77.0 cm³/mol. The molecule has 0 aliphatic rings. The summed E-state index contributed by atoms with van der Waals surface area (Å²) in [5.41, 5.74) is -0.0956. The maximum absolute atomic E-state index is 13.4. The standard InChI is InChI=1S/C14H11FN2O3S/c15-10-5-1-2-6-11(10)21-8-12(18)17-13-9(14(19)20)4-3-7-16-13/h1-7H,8H2,(H,19,20)(H,16,17,18). The van der Waals surface area contributed by atoms with Gasteiger partial charge in [-0.1, -0.05) is 12.1 Å². The molecule has 0 unspecified atom stereocenters. The smallest absolute Gasteiger partial charge is 0.339 e. The Kier molecular flexibility index (Phi) is 4.89. The monoisotopic (exact) mass is 306 g/mol. The fourth-order valence-electron chi connectivity index (χ4n) is 1.55. The molecule has 7 heteroatoms. The van der Waals surface area contributed by atoms with Crippen LogP contribution in [-0.2, 0) is 4.79 Å². The van der Waals surface area contributed by atoms with E-state index in [0.29, 0.717) is 4.90 Å². The Morgan fingerprint density at radius 1 is 1.24 bits per heavy atom. The Morgan fingerprint density at radius 2 is 2.00 bits per heavy atom. The molecule has 0 bridgehead atoms. The molecule has 2 aromatic rings. The topological polar surface area (TPSA) is 79.3 Å². The van der Waals surface area contributed by atoms with Crippen LogP contribution in [0.5, 0.6) is 0 Å². The van der Waals surface area contributed by atoms with Crippen LogP contribution in [0.2, 0.25) is 0 Å². The molecular weight excluding hydrogens is 295 g/mol. The van der Waals surface area contributed by atoms with E-state index in [1.54, 1.807) is 18.2 Å². The number of aromatic nitrogens is 1. The molecule has 2 rings (SSSR count). The third-order valence-corrected chi connectivity index (χ3v) is 3.54. The van der Waals surface area contributed by atoms with Crippen molar-refractivity contribution in [2.45, 2.75) is 4.90 Å². The molecule has 1 heterocycles. The van der Waals surface area contributed by atoms with Gasteiger partial charge in [-0.15, -0.1) is 11.8 Å². The molecule has 108 valence electrons. The summed E-state index contributed by atoms with van der Waals surface area (Å²) < 4.78 is 13.4. The lowest BCUT2D eigenvalue weighted by molar-refractivity contribution is -0.113. The van der Waals surface area contributed by atoms with Gasteiger partial charge >= 0.3 is 5.97 Å². The molecule has 1 aromatic carbocycles. The molecule has 0 atom stereocenters. The summed E-state index contributed by atoms with van der Waals surface area (Å²) in [6.45, 7) is 0. The van der Waals surface area contributed by atoms with Crippen molar-refractivity contribution in [2.24, 2.45) is 0 Å². The van der Waals surface area contributed by atoms with Gasteiger partial charge in [-0.2, -0.15) is 0 Å². The Morgan fingerprint density at radius 3 is 2.71 bits per heavy atom. The summed E-state index contributed by atoms with van der Waals surface area (Å²) in [7, 11) is 0. The molecule has 2 N–H and O–H groups in total. The van der Waals surface area contributed by atoms with Gasteiger partial charge in [0.25, 0.3) is 0 Å². The van der Waals surface area contributed by atoms with Crippen molar-refractivity contribution in [3.8, 4) is 0 Å². The number of carbonyl (C=O) groups is 2. The first-order valence-corrected chi connectivity index (χ1v) is 6.92.